The molecule has 0 unspecified atom stereocenters. The van der Waals surface area contributed by atoms with Crippen LogP contribution in [0.2, 0.25) is 0 Å². The van der Waals surface area contributed by atoms with Gasteiger partial charge < -0.3 is 4.42 Å². The minimum Gasteiger partial charge on any atom is -0.461 e. The van der Waals surface area contributed by atoms with E-state index in [1.54, 1.807) is 24.5 Å². The van der Waals surface area contributed by atoms with Crippen LogP contribution in [0.15, 0.2) is 35.2 Å². The molecule has 0 amide bonds. The number of hydrogen-bond donors (Lipinski definition) is 0. The molecule has 0 bridgehead atoms. The fraction of sp³-hybridized carbons (Fsp3) is 0.100. The maximum absolute atomic E-state index is 11.6. The molecule has 0 radical (unpaired) electrons. The van der Waals surface area contributed by atoms with Gasteiger partial charge in [0.1, 0.15) is 0 Å². The van der Waals surface area contributed by atoms with E-state index >= 15 is 0 Å². The number of nitrogens with zero attached hydrogens (tertiary/aromatic N) is 2. The third kappa shape index (κ3) is 1.54. The highest BCUT2D eigenvalue weighted by atomic mass is 16.3. The fourth-order valence-electron chi connectivity index (χ4n) is 1.03. The summed E-state index contributed by atoms with van der Waals surface area (Å²) in [4.78, 5) is 19.4. The maximum atomic E-state index is 11.6. The van der Waals surface area contributed by atoms with Gasteiger partial charge in [-0.1, -0.05) is 0 Å². The second-order valence-corrected chi connectivity index (χ2v) is 2.89. The van der Waals surface area contributed by atoms with Crippen LogP contribution in [0.4, 0.5) is 0 Å². The van der Waals surface area contributed by atoms with Crippen molar-refractivity contribution in [1.82, 2.24) is 9.97 Å². The molecular formula is C10H8N2O2. The third-order valence-corrected chi connectivity index (χ3v) is 1.73. The van der Waals surface area contributed by atoms with Gasteiger partial charge in [0, 0.05) is 12.4 Å². The van der Waals surface area contributed by atoms with Crippen LogP contribution in [0.5, 0.6) is 0 Å². The van der Waals surface area contributed by atoms with Crippen LogP contribution >= 0.6 is 0 Å². The van der Waals surface area contributed by atoms with Gasteiger partial charge >= 0.3 is 0 Å². The van der Waals surface area contributed by atoms with Crippen molar-refractivity contribution in [3.63, 3.8) is 0 Å². The van der Waals surface area contributed by atoms with Crippen LogP contribution in [-0.4, -0.2) is 15.8 Å². The lowest BCUT2D eigenvalue weighted by Gasteiger charge is -1.95. The van der Waals surface area contributed by atoms with Crippen molar-refractivity contribution in [2.75, 3.05) is 0 Å². The average Bonchev–Trinajstić information content (AvgIpc) is 2.71. The summed E-state index contributed by atoms with van der Waals surface area (Å²) in [6.45, 7) is 1.86. The third-order valence-electron chi connectivity index (χ3n) is 1.73. The Bertz CT molecular complexity index is 432. The molecule has 0 saturated carbocycles. The van der Waals surface area contributed by atoms with Gasteiger partial charge in [0.15, 0.2) is 5.76 Å². The SMILES string of the molecule is Cc1cnc(C(=O)c2ccco2)nc1. The lowest BCUT2D eigenvalue weighted by molar-refractivity contribution is 0.0999. The first kappa shape index (κ1) is 8.62. The molecule has 4 heteroatoms. The summed E-state index contributed by atoms with van der Waals surface area (Å²) in [7, 11) is 0. The molecule has 14 heavy (non-hydrogen) atoms. The second kappa shape index (κ2) is 3.41. The first-order valence-electron chi connectivity index (χ1n) is 4.14. The van der Waals surface area contributed by atoms with Crippen LogP contribution in [0.1, 0.15) is 21.9 Å². The smallest absolute Gasteiger partial charge is 0.265 e. The van der Waals surface area contributed by atoms with E-state index in [0.717, 1.165) is 5.56 Å². The molecule has 2 aromatic rings. The fourth-order valence-corrected chi connectivity index (χ4v) is 1.03. The Morgan fingerprint density at radius 3 is 2.64 bits per heavy atom. The van der Waals surface area contributed by atoms with Gasteiger partial charge in [-0.2, -0.15) is 0 Å². The number of furan rings is 1. The Morgan fingerprint density at radius 1 is 1.36 bits per heavy atom. The number of hydrogen-bond acceptors (Lipinski definition) is 4. The van der Waals surface area contributed by atoms with Crippen LogP contribution < -0.4 is 0 Å². The van der Waals surface area contributed by atoms with Crippen LogP contribution in [0.25, 0.3) is 0 Å². The van der Waals surface area contributed by atoms with E-state index in [-0.39, 0.29) is 17.4 Å². The molecule has 0 aliphatic rings. The Hall–Kier alpha value is -1.97. The van der Waals surface area contributed by atoms with Crippen molar-refractivity contribution >= 4 is 5.78 Å². The van der Waals surface area contributed by atoms with Crippen molar-refractivity contribution in [2.45, 2.75) is 6.92 Å². The molecule has 2 heterocycles. The summed E-state index contributed by atoms with van der Waals surface area (Å²) in [6.07, 6.45) is 4.65. The quantitative estimate of drug-likeness (QED) is 0.672. The minimum absolute atomic E-state index is 0.158. The molecule has 0 saturated heterocycles. The number of rotatable bonds is 2. The number of carbonyl (C=O) groups excluding carboxylic acids is 1. The Morgan fingerprint density at radius 2 is 2.07 bits per heavy atom. The normalized spacial score (nSPS) is 10.1. The highest BCUT2D eigenvalue weighted by Gasteiger charge is 2.13. The molecule has 70 valence electrons. The maximum Gasteiger partial charge on any atom is 0.265 e. The van der Waals surface area contributed by atoms with Crippen molar-refractivity contribution in [2.24, 2.45) is 0 Å². The molecule has 2 rings (SSSR count). The average molecular weight is 188 g/mol. The number of aromatic nitrogens is 2. The molecule has 0 atom stereocenters. The van der Waals surface area contributed by atoms with Gasteiger partial charge in [0.2, 0.25) is 5.82 Å². The van der Waals surface area contributed by atoms with Crippen LogP contribution in [-0.2, 0) is 0 Å². The zero-order chi connectivity index (χ0) is 9.97. The first-order valence-corrected chi connectivity index (χ1v) is 4.14. The van der Waals surface area contributed by atoms with Crippen molar-refractivity contribution in [1.29, 1.82) is 0 Å². The summed E-state index contributed by atoms with van der Waals surface area (Å²) in [5.74, 6) is 0.120. The summed E-state index contributed by atoms with van der Waals surface area (Å²) >= 11 is 0. The molecule has 0 aromatic carbocycles. The lowest BCUT2D eigenvalue weighted by Crippen LogP contribution is -2.05. The zero-order valence-electron chi connectivity index (χ0n) is 7.60. The molecular weight excluding hydrogens is 180 g/mol. The van der Waals surface area contributed by atoms with Crippen molar-refractivity contribution in [3.05, 3.63) is 47.9 Å². The standard InChI is InChI=1S/C10H8N2O2/c1-7-5-11-10(12-6-7)9(13)8-3-2-4-14-8/h2-6H,1H3. The minimum atomic E-state index is -0.296. The van der Waals surface area contributed by atoms with E-state index in [1.807, 2.05) is 6.92 Å². The summed E-state index contributed by atoms with van der Waals surface area (Å²) in [5.41, 5.74) is 0.918. The highest BCUT2D eigenvalue weighted by Crippen LogP contribution is 2.06. The molecule has 0 fully saturated rings. The van der Waals surface area contributed by atoms with E-state index in [0.29, 0.717) is 0 Å². The summed E-state index contributed by atoms with van der Waals surface area (Å²) < 4.78 is 4.95. The predicted octanol–water partition coefficient (Wildman–Crippen LogP) is 1.61. The van der Waals surface area contributed by atoms with Crippen LogP contribution in [0.3, 0.4) is 0 Å². The largest absolute Gasteiger partial charge is 0.461 e. The van der Waals surface area contributed by atoms with E-state index in [2.05, 4.69) is 9.97 Å². The van der Waals surface area contributed by atoms with Gasteiger partial charge in [-0.05, 0) is 24.6 Å². The summed E-state index contributed by atoms with van der Waals surface area (Å²) in [5, 5.41) is 0. The topological polar surface area (TPSA) is 56.0 Å². The molecule has 0 spiro atoms. The lowest BCUT2D eigenvalue weighted by atomic mass is 10.3. The molecule has 0 aliphatic carbocycles. The molecule has 0 aliphatic heterocycles. The first-order chi connectivity index (χ1) is 6.77. The Kier molecular flexibility index (Phi) is 2.10. The van der Waals surface area contributed by atoms with Gasteiger partial charge in [-0.15, -0.1) is 0 Å². The van der Waals surface area contributed by atoms with Gasteiger partial charge in [-0.25, -0.2) is 9.97 Å². The second-order valence-electron chi connectivity index (χ2n) is 2.89. The van der Waals surface area contributed by atoms with Gasteiger partial charge in [-0.3, -0.25) is 4.79 Å². The van der Waals surface area contributed by atoms with Gasteiger partial charge in [0.05, 0.1) is 6.26 Å². The molecule has 0 N–H and O–H groups in total. The van der Waals surface area contributed by atoms with E-state index < -0.39 is 0 Å². The van der Waals surface area contributed by atoms with E-state index in [4.69, 9.17) is 4.42 Å². The molecule has 2 aromatic heterocycles. The Balaban J connectivity index is 2.33. The monoisotopic (exact) mass is 188 g/mol. The van der Waals surface area contributed by atoms with Crippen molar-refractivity contribution in [3.8, 4) is 0 Å². The van der Waals surface area contributed by atoms with Crippen molar-refractivity contribution < 1.29 is 9.21 Å². The summed E-state index contributed by atoms with van der Waals surface area (Å²) in [6, 6.07) is 3.24. The van der Waals surface area contributed by atoms with E-state index in [9.17, 15) is 4.79 Å². The number of aryl methyl sites for hydroxylation is 1. The van der Waals surface area contributed by atoms with Gasteiger partial charge in [0.25, 0.3) is 5.78 Å². The van der Waals surface area contributed by atoms with Crippen LogP contribution in [0, 0.1) is 6.92 Å². The van der Waals surface area contributed by atoms with E-state index in [1.165, 1.54) is 6.26 Å². The number of ketones is 1. The predicted molar refractivity (Wildman–Crippen MR) is 48.9 cm³/mol. The Labute approximate surface area is 80.6 Å². The number of carbonyl (C=O) groups is 1. The zero-order valence-corrected chi connectivity index (χ0v) is 7.60. The molecule has 4 nitrogen and oxygen atoms in total. The highest BCUT2D eigenvalue weighted by molar-refractivity contribution is 6.04.